The van der Waals surface area contributed by atoms with Gasteiger partial charge in [-0.15, -0.1) is 0 Å². The van der Waals surface area contributed by atoms with Crippen molar-refractivity contribution < 1.29 is 12.8 Å². The Morgan fingerprint density at radius 3 is 2.80 bits per heavy atom. The molecule has 114 valence electrons. The highest BCUT2D eigenvalue weighted by molar-refractivity contribution is 7.88. The van der Waals surface area contributed by atoms with E-state index in [1.54, 1.807) is 10.6 Å². The predicted molar refractivity (Wildman–Crippen MR) is 78.9 cm³/mol. The maximum atomic E-state index is 11.6. The van der Waals surface area contributed by atoms with Crippen LogP contribution in [0.2, 0.25) is 0 Å². The van der Waals surface area contributed by atoms with Gasteiger partial charge in [-0.2, -0.15) is 0 Å². The first-order chi connectivity index (χ1) is 9.41. The number of nitrogens with zero attached hydrogens (tertiary/aromatic N) is 1. The molecule has 0 aromatic carbocycles. The van der Waals surface area contributed by atoms with Crippen molar-refractivity contribution in [2.45, 2.75) is 39.3 Å². The smallest absolute Gasteiger partial charge is 0.211 e. The molecule has 1 N–H and O–H groups in total. The molecule has 2 atom stereocenters. The number of aryl methyl sites for hydroxylation is 1. The lowest BCUT2D eigenvalue weighted by molar-refractivity contribution is 0.199. The van der Waals surface area contributed by atoms with E-state index >= 15 is 0 Å². The van der Waals surface area contributed by atoms with E-state index in [0.717, 1.165) is 24.2 Å². The minimum absolute atomic E-state index is 0.350. The summed E-state index contributed by atoms with van der Waals surface area (Å²) in [4.78, 5) is 0. The largest absolute Gasteiger partial charge is 0.468 e. The van der Waals surface area contributed by atoms with Gasteiger partial charge in [0, 0.05) is 19.1 Å². The summed E-state index contributed by atoms with van der Waals surface area (Å²) >= 11 is 0. The first-order valence-electron chi connectivity index (χ1n) is 7.13. The Morgan fingerprint density at radius 1 is 1.50 bits per heavy atom. The van der Waals surface area contributed by atoms with Crippen molar-refractivity contribution in [3.8, 4) is 0 Å². The highest BCUT2D eigenvalue weighted by Gasteiger charge is 2.31. The van der Waals surface area contributed by atoms with E-state index in [-0.39, 0.29) is 0 Å². The van der Waals surface area contributed by atoms with E-state index in [9.17, 15) is 8.42 Å². The van der Waals surface area contributed by atoms with Crippen LogP contribution in [0.4, 0.5) is 0 Å². The molecule has 1 saturated heterocycles. The Hall–Kier alpha value is -0.850. The summed E-state index contributed by atoms with van der Waals surface area (Å²) in [6.07, 6.45) is 4.82. The second kappa shape index (κ2) is 6.28. The normalized spacial score (nSPS) is 24.9. The third-order valence-corrected chi connectivity index (χ3v) is 5.45. The quantitative estimate of drug-likeness (QED) is 0.899. The van der Waals surface area contributed by atoms with E-state index in [4.69, 9.17) is 4.42 Å². The molecule has 2 rings (SSSR count). The van der Waals surface area contributed by atoms with Gasteiger partial charge in [0.05, 0.1) is 19.1 Å². The van der Waals surface area contributed by atoms with Gasteiger partial charge in [-0.1, -0.05) is 13.3 Å². The van der Waals surface area contributed by atoms with Crippen molar-refractivity contribution in [2.75, 3.05) is 19.3 Å². The molecule has 1 aromatic heterocycles. The number of hydrogen-bond acceptors (Lipinski definition) is 4. The third kappa shape index (κ3) is 3.62. The van der Waals surface area contributed by atoms with Crippen LogP contribution in [0.3, 0.4) is 0 Å². The van der Waals surface area contributed by atoms with Crippen LogP contribution in [0.25, 0.3) is 0 Å². The first-order valence-corrected chi connectivity index (χ1v) is 8.98. The molecule has 1 aliphatic rings. The van der Waals surface area contributed by atoms with Crippen LogP contribution in [0.15, 0.2) is 16.7 Å². The number of nitrogens with one attached hydrogen (secondary N) is 1. The molecule has 0 bridgehead atoms. The summed E-state index contributed by atoms with van der Waals surface area (Å²) in [7, 11) is -3.07. The van der Waals surface area contributed by atoms with Crippen molar-refractivity contribution in [1.82, 2.24) is 9.62 Å². The van der Waals surface area contributed by atoms with Crippen molar-refractivity contribution in [3.63, 3.8) is 0 Å². The summed E-state index contributed by atoms with van der Waals surface area (Å²) in [5, 5.41) is 3.52. The standard InChI is InChI=1S/C14H24N2O3S/c1-4-12-10-16(20(3,17)18)7-5-13(12)15-9-14-11(2)6-8-19-14/h6,8,12-13,15H,4-5,7,9-10H2,1-3H3/t12-,13-/m1/s1. The fourth-order valence-corrected chi connectivity index (χ4v) is 3.69. The van der Waals surface area contributed by atoms with Crippen LogP contribution in [0, 0.1) is 12.8 Å². The molecule has 0 saturated carbocycles. The molecule has 1 aromatic rings. The Morgan fingerprint density at radius 2 is 2.25 bits per heavy atom. The molecule has 0 unspecified atom stereocenters. The highest BCUT2D eigenvalue weighted by Crippen LogP contribution is 2.22. The number of rotatable bonds is 5. The Kier molecular flexibility index (Phi) is 4.88. The Labute approximate surface area is 121 Å². The van der Waals surface area contributed by atoms with Gasteiger partial charge in [0.25, 0.3) is 0 Å². The lowest BCUT2D eigenvalue weighted by atomic mass is 9.91. The molecule has 0 aliphatic carbocycles. The zero-order valence-corrected chi connectivity index (χ0v) is 13.2. The number of sulfonamides is 1. The van der Waals surface area contributed by atoms with Gasteiger partial charge in [-0.3, -0.25) is 0 Å². The Bertz CT molecular complexity index is 538. The highest BCUT2D eigenvalue weighted by atomic mass is 32.2. The molecule has 0 spiro atoms. The van der Waals surface area contributed by atoms with Gasteiger partial charge in [0.2, 0.25) is 10.0 Å². The van der Waals surface area contributed by atoms with Gasteiger partial charge < -0.3 is 9.73 Å². The molecule has 6 heteroatoms. The van der Waals surface area contributed by atoms with Crippen molar-refractivity contribution in [2.24, 2.45) is 5.92 Å². The van der Waals surface area contributed by atoms with Crippen LogP contribution < -0.4 is 5.32 Å². The maximum Gasteiger partial charge on any atom is 0.211 e. The second-order valence-corrected chi connectivity index (χ2v) is 7.57. The SMILES string of the molecule is CC[C@@H]1CN(S(C)(=O)=O)CC[C@H]1NCc1occc1C. The zero-order valence-electron chi connectivity index (χ0n) is 12.4. The summed E-state index contributed by atoms with van der Waals surface area (Å²) in [5.74, 6) is 1.32. The van der Waals surface area contributed by atoms with E-state index in [0.29, 0.717) is 31.6 Å². The van der Waals surface area contributed by atoms with Gasteiger partial charge in [0.15, 0.2) is 0 Å². The number of furan rings is 1. The topological polar surface area (TPSA) is 62.6 Å². The van der Waals surface area contributed by atoms with Crippen LogP contribution >= 0.6 is 0 Å². The fraction of sp³-hybridized carbons (Fsp3) is 0.714. The maximum absolute atomic E-state index is 11.6. The number of piperidine rings is 1. The molecule has 2 heterocycles. The van der Waals surface area contributed by atoms with E-state index in [2.05, 4.69) is 12.2 Å². The van der Waals surface area contributed by atoms with Crippen molar-refractivity contribution in [3.05, 3.63) is 23.7 Å². The lowest BCUT2D eigenvalue weighted by Gasteiger charge is -2.37. The molecule has 5 nitrogen and oxygen atoms in total. The minimum Gasteiger partial charge on any atom is -0.468 e. The molecule has 0 radical (unpaired) electrons. The van der Waals surface area contributed by atoms with E-state index < -0.39 is 10.0 Å². The van der Waals surface area contributed by atoms with Gasteiger partial charge in [0.1, 0.15) is 5.76 Å². The predicted octanol–water partition coefficient (Wildman–Crippen LogP) is 1.74. The van der Waals surface area contributed by atoms with Gasteiger partial charge >= 0.3 is 0 Å². The summed E-state index contributed by atoms with van der Waals surface area (Å²) in [5.41, 5.74) is 1.15. The van der Waals surface area contributed by atoms with Crippen molar-refractivity contribution in [1.29, 1.82) is 0 Å². The molecule has 0 amide bonds. The van der Waals surface area contributed by atoms with Gasteiger partial charge in [-0.25, -0.2) is 12.7 Å². The summed E-state index contributed by atoms with van der Waals surface area (Å²) < 4.78 is 30.3. The summed E-state index contributed by atoms with van der Waals surface area (Å²) in [6.45, 7) is 6.07. The molecule has 1 aliphatic heterocycles. The third-order valence-electron chi connectivity index (χ3n) is 4.18. The van der Waals surface area contributed by atoms with E-state index in [1.165, 1.54) is 6.26 Å². The Balaban J connectivity index is 1.94. The first kappa shape index (κ1) is 15.5. The van der Waals surface area contributed by atoms with Gasteiger partial charge in [-0.05, 0) is 30.9 Å². The summed E-state index contributed by atoms with van der Waals surface area (Å²) in [6, 6.07) is 2.31. The zero-order chi connectivity index (χ0) is 14.8. The van der Waals surface area contributed by atoms with Crippen LogP contribution in [0.5, 0.6) is 0 Å². The fourth-order valence-electron chi connectivity index (χ4n) is 2.79. The monoisotopic (exact) mass is 300 g/mol. The minimum atomic E-state index is -3.07. The molecular weight excluding hydrogens is 276 g/mol. The average Bonchev–Trinajstić information content (AvgIpc) is 2.80. The van der Waals surface area contributed by atoms with Crippen LogP contribution in [-0.2, 0) is 16.6 Å². The molecule has 1 fully saturated rings. The average molecular weight is 300 g/mol. The number of hydrogen-bond donors (Lipinski definition) is 1. The van der Waals surface area contributed by atoms with Crippen LogP contribution in [0.1, 0.15) is 31.1 Å². The van der Waals surface area contributed by atoms with Crippen LogP contribution in [-0.4, -0.2) is 38.1 Å². The van der Waals surface area contributed by atoms with Crippen molar-refractivity contribution >= 4 is 10.0 Å². The molecule has 20 heavy (non-hydrogen) atoms. The lowest BCUT2D eigenvalue weighted by Crippen LogP contribution is -2.50. The second-order valence-electron chi connectivity index (χ2n) is 5.59. The molecular formula is C14H24N2O3S. The van der Waals surface area contributed by atoms with E-state index in [1.807, 2.05) is 13.0 Å².